The number of ether oxygens (including phenoxy) is 1. The van der Waals surface area contributed by atoms with E-state index in [0.717, 1.165) is 70.7 Å². The third kappa shape index (κ3) is 13.7. The van der Waals surface area contributed by atoms with Gasteiger partial charge in [-0.1, -0.05) is 19.3 Å². The van der Waals surface area contributed by atoms with Crippen molar-refractivity contribution in [3.63, 3.8) is 0 Å². The Hall–Kier alpha value is -0.120. The van der Waals surface area contributed by atoms with Crippen molar-refractivity contribution in [2.24, 2.45) is 4.99 Å². The molecule has 27 heavy (non-hydrogen) atoms. The van der Waals surface area contributed by atoms with Crippen molar-refractivity contribution in [1.29, 1.82) is 0 Å². The van der Waals surface area contributed by atoms with Gasteiger partial charge in [0.05, 0.1) is 0 Å². The monoisotopic (exact) mass is 497 g/mol. The fourth-order valence-corrected chi connectivity index (χ4v) is 3.51. The Bertz CT molecular complexity index is 364. The number of likely N-dealkylation sites (N-methyl/N-ethyl adjacent to an activating group) is 1. The molecule has 0 unspecified atom stereocenters. The predicted octanol–water partition coefficient (Wildman–Crippen LogP) is 2.78. The summed E-state index contributed by atoms with van der Waals surface area (Å²) < 4.78 is 5.10. The van der Waals surface area contributed by atoms with Gasteiger partial charge in [0, 0.05) is 52.5 Å². The molecule has 0 bridgehead atoms. The predicted molar refractivity (Wildman–Crippen MR) is 128 cm³/mol. The fraction of sp³-hybridized carbons (Fsp3) is 0.950. The van der Waals surface area contributed by atoms with Crippen LogP contribution >= 0.6 is 24.0 Å². The summed E-state index contributed by atoms with van der Waals surface area (Å²) in [5.41, 5.74) is 0. The van der Waals surface area contributed by atoms with Crippen molar-refractivity contribution < 1.29 is 4.74 Å². The number of methoxy groups -OCH3 is 1. The van der Waals surface area contributed by atoms with Crippen LogP contribution in [0.1, 0.15) is 51.9 Å². The van der Waals surface area contributed by atoms with Crippen LogP contribution in [0.5, 0.6) is 0 Å². The van der Waals surface area contributed by atoms with E-state index in [0.29, 0.717) is 0 Å². The molecule has 1 rings (SSSR count). The molecule has 0 aromatic rings. The van der Waals surface area contributed by atoms with Gasteiger partial charge in [-0.05, 0) is 53.2 Å². The van der Waals surface area contributed by atoms with Gasteiger partial charge in [0.15, 0.2) is 5.96 Å². The first kappa shape index (κ1) is 26.9. The number of guanidine groups is 1. The Kier molecular flexibility index (Phi) is 17.9. The van der Waals surface area contributed by atoms with Crippen molar-refractivity contribution in [1.82, 2.24) is 20.4 Å². The zero-order valence-electron chi connectivity index (χ0n) is 18.1. The van der Waals surface area contributed by atoms with Crippen LogP contribution in [0.15, 0.2) is 4.99 Å². The van der Waals surface area contributed by atoms with E-state index in [9.17, 15) is 0 Å². The minimum absolute atomic E-state index is 0. The molecule has 7 heteroatoms. The summed E-state index contributed by atoms with van der Waals surface area (Å²) in [6, 6.07) is 0.799. The first-order valence-corrected chi connectivity index (χ1v) is 10.6. The maximum Gasteiger partial charge on any atom is 0.191 e. The summed E-state index contributed by atoms with van der Waals surface area (Å²) in [6.45, 7) is 8.87. The van der Waals surface area contributed by atoms with Gasteiger partial charge in [0.1, 0.15) is 0 Å². The zero-order valence-corrected chi connectivity index (χ0v) is 20.5. The number of aliphatic imine (C=N–C) groups is 1. The van der Waals surface area contributed by atoms with Crippen molar-refractivity contribution in [3.8, 4) is 0 Å². The summed E-state index contributed by atoms with van der Waals surface area (Å²) in [4.78, 5) is 9.61. The van der Waals surface area contributed by atoms with E-state index >= 15 is 0 Å². The highest BCUT2D eigenvalue weighted by molar-refractivity contribution is 14.0. The van der Waals surface area contributed by atoms with Crippen LogP contribution in [-0.4, -0.2) is 88.9 Å². The standard InChI is InChI=1S/C20H43N5O.HI/c1-5-21-20(23-14-17-24(2)15-10-18-26-4)22-13-9-16-25(3)19-11-7-6-8-12-19;/h19H,5-18H2,1-4H3,(H2,21,22,23);1H. The van der Waals surface area contributed by atoms with Gasteiger partial charge in [-0.15, -0.1) is 24.0 Å². The minimum atomic E-state index is 0. The molecule has 2 N–H and O–H groups in total. The smallest absolute Gasteiger partial charge is 0.191 e. The number of nitrogens with one attached hydrogen (secondary N) is 2. The molecule has 0 aromatic heterocycles. The molecule has 0 aromatic carbocycles. The average Bonchev–Trinajstić information content (AvgIpc) is 2.66. The van der Waals surface area contributed by atoms with E-state index in [1.165, 1.54) is 32.1 Å². The van der Waals surface area contributed by atoms with E-state index in [1.807, 2.05) is 0 Å². The molecule has 6 nitrogen and oxygen atoms in total. The normalized spacial score (nSPS) is 15.9. The summed E-state index contributed by atoms with van der Waals surface area (Å²) in [6.07, 6.45) is 9.19. The molecule has 0 radical (unpaired) electrons. The Morgan fingerprint density at radius 3 is 2.44 bits per heavy atom. The van der Waals surface area contributed by atoms with E-state index in [2.05, 4.69) is 41.5 Å². The number of rotatable bonds is 13. The van der Waals surface area contributed by atoms with Gasteiger partial charge in [0.2, 0.25) is 0 Å². The molecule has 1 fully saturated rings. The third-order valence-electron chi connectivity index (χ3n) is 5.16. The van der Waals surface area contributed by atoms with Gasteiger partial charge >= 0.3 is 0 Å². The van der Waals surface area contributed by atoms with Gasteiger partial charge in [-0.25, -0.2) is 0 Å². The molecule has 0 heterocycles. The van der Waals surface area contributed by atoms with Crippen molar-refractivity contribution in [2.75, 3.05) is 67.1 Å². The summed E-state index contributed by atoms with van der Waals surface area (Å²) in [5.74, 6) is 0.943. The van der Waals surface area contributed by atoms with Crippen molar-refractivity contribution in [2.45, 2.75) is 57.9 Å². The maximum atomic E-state index is 5.10. The Labute approximate surface area is 184 Å². The fourth-order valence-electron chi connectivity index (χ4n) is 3.51. The lowest BCUT2D eigenvalue weighted by Gasteiger charge is -2.31. The average molecular weight is 498 g/mol. The summed E-state index contributed by atoms with van der Waals surface area (Å²) in [5, 5.41) is 6.79. The van der Waals surface area contributed by atoms with Crippen LogP contribution in [0.2, 0.25) is 0 Å². The molecule has 162 valence electrons. The Balaban J connectivity index is 0.00000676. The molecule has 0 saturated heterocycles. The number of halogens is 1. The number of hydrogen-bond donors (Lipinski definition) is 2. The maximum absolute atomic E-state index is 5.10. The molecule has 0 aliphatic heterocycles. The lowest BCUT2D eigenvalue weighted by atomic mass is 9.94. The highest BCUT2D eigenvalue weighted by atomic mass is 127. The second kappa shape index (κ2) is 17.9. The molecule has 0 spiro atoms. The Morgan fingerprint density at radius 1 is 1.04 bits per heavy atom. The van der Waals surface area contributed by atoms with Gasteiger partial charge in [0.25, 0.3) is 0 Å². The van der Waals surface area contributed by atoms with Crippen molar-refractivity contribution >= 4 is 29.9 Å². The SMILES string of the molecule is CCNC(=NCCCN(C)C1CCCCC1)NCCN(C)CCCOC.I. The van der Waals surface area contributed by atoms with Crippen LogP contribution in [-0.2, 0) is 4.74 Å². The molecule has 1 aliphatic rings. The summed E-state index contributed by atoms with van der Waals surface area (Å²) >= 11 is 0. The molecular formula is C20H44IN5O. The first-order chi connectivity index (χ1) is 12.7. The molecule has 1 saturated carbocycles. The molecule has 1 aliphatic carbocycles. The lowest BCUT2D eigenvalue weighted by molar-refractivity contribution is 0.180. The number of nitrogens with zero attached hydrogens (tertiary/aromatic N) is 3. The minimum Gasteiger partial charge on any atom is -0.385 e. The zero-order chi connectivity index (χ0) is 19.0. The molecule has 0 atom stereocenters. The summed E-state index contributed by atoms with van der Waals surface area (Å²) in [7, 11) is 6.19. The quantitative estimate of drug-likeness (QED) is 0.177. The van der Waals surface area contributed by atoms with Gasteiger partial charge in [-0.2, -0.15) is 0 Å². The van der Waals surface area contributed by atoms with Gasteiger partial charge in [-0.3, -0.25) is 4.99 Å². The molecular weight excluding hydrogens is 453 g/mol. The first-order valence-electron chi connectivity index (χ1n) is 10.6. The van der Waals surface area contributed by atoms with Crippen molar-refractivity contribution in [3.05, 3.63) is 0 Å². The van der Waals surface area contributed by atoms with E-state index in [4.69, 9.17) is 9.73 Å². The second-order valence-corrected chi connectivity index (χ2v) is 7.46. The van der Waals surface area contributed by atoms with E-state index in [1.54, 1.807) is 7.11 Å². The van der Waals surface area contributed by atoms with Crippen LogP contribution < -0.4 is 10.6 Å². The van der Waals surface area contributed by atoms with Crippen LogP contribution in [0, 0.1) is 0 Å². The van der Waals surface area contributed by atoms with E-state index in [-0.39, 0.29) is 24.0 Å². The third-order valence-corrected chi connectivity index (χ3v) is 5.16. The Morgan fingerprint density at radius 2 is 1.78 bits per heavy atom. The second-order valence-electron chi connectivity index (χ2n) is 7.46. The lowest BCUT2D eigenvalue weighted by Crippen LogP contribution is -2.41. The van der Waals surface area contributed by atoms with Crippen LogP contribution in [0.4, 0.5) is 0 Å². The molecule has 0 amide bonds. The van der Waals surface area contributed by atoms with Gasteiger partial charge < -0.3 is 25.2 Å². The highest BCUT2D eigenvalue weighted by Crippen LogP contribution is 2.21. The topological polar surface area (TPSA) is 52.1 Å². The van der Waals surface area contributed by atoms with Crippen LogP contribution in [0.25, 0.3) is 0 Å². The number of hydrogen-bond acceptors (Lipinski definition) is 4. The van der Waals surface area contributed by atoms with Crippen LogP contribution in [0.3, 0.4) is 0 Å². The highest BCUT2D eigenvalue weighted by Gasteiger charge is 2.17. The largest absolute Gasteiger partial charge is 0.385 e. The van der Waals surface area contributed by atoms with E-state index < -0.39 is 0 Å².